The lowest BCUT2D eigenvalue weighted by molar-refractivity contribution is -0.115. The molecule has 2 heterocycles. The number of furan rings is 1. The van der Waals surface area contributed by atoms with Gasteiger partial charge in [-0.1, -0.05) is 13.0 Å². The Balaban J connectivity index is 1.79. The number of aromatic nitrogens is 1. The number of anilines is 1. The van der Waals surface area contributed by atoms with Gasteiger partial charge in [-0.3, -0.25) is 9.78 Å². The van der Waals surface area contributed by atoms with Crippen LogP contribution in [0.3, 0.4) is 0 Å². The molecule has 0 bridgehead atoms. The van der Waals surface area contributed by atoms with Crippen molar-refractivity contribution in [2.75, 3.05) is 5.32 Å². The van der Waals surface area contributed by atoms with Gasteiger partial charge in [0, 0.05) is 17.1 Å². The molecule has 0 atom stereocenters. The van der Waals surface area contributed by atoms with Crippen molar-refractivity contribution in [1.29, 1.82) is 0 Å². The molecule has 0 saturated heterocycles. The maximum atomic E-state index is 12.1. The summed E-state index contributed by atoms with van der Waals surface area (Å²) in [4.78, 5) is 16.1. The molecule has 0 aliphatic heterocycles. The number of aryl methyl sites for hydroxylation is 1. The highest BCUT2D eigenvalue weighted by Gasteiger charge is 2.11. The van der Waals surface area contributed by atoms with Crippen LogP contribution >= 0.6 is 0 Å². The van der Waals surface area contributed by atoms with Gasteiger partial charge in [-0.2, -0.15) is 0 Å². The zero-order chi connectivity index (χ0) is 14.7. The number of benzene rings is 1. The molecule has 0 aliphatic rings. The lowest BCUT2D eigenvalue weighted by Gasteiger charge is -2.03. The highest BCUT2D eigenvalue weighted by molar-refractivity contribution is 5.95. The SMILES string of the molecule is CCc1ccc2occ(CC(=O)Nc3cccnc3)c2c1. The molecular formula is C17H16N2O2. The second kappa shape index (κ2) is 5.79. The van der Waals surface area contributed by atoms with Crippen molar-refractivity contribution in [3.05, 3.63) is 60.1 Å². The first kappa shape index (κ1) is 13.4. The second-order valence-corrected chi connectivity index (χ2v) is 4.91. The predicted molar refractivity (Wildman–Crippen MR) is 82.2 cm³/mol. The first-order valence-corrected chi connectivity index (χ1v) is 6.95. The Labute approximate surface area is 122 Å². The third-order valence-corrected chi connectivity index (χ3v) is 3.42. The Morgan fingerprint density at radius 3 is 3.00 bits per heavy atom. The van der Waals surface area contributed by atoms with E-state index in [0.29, 0.717) is 5.69 Å². The van der Waals surface area contributed by atoms with E-state index in [4.69, 9.17) is 4.42 Å². The highest BCUT2D eigenvalue weighted by atomic mass is 16.3. The van der Waals surface area contributed by atoms with E-state index in [2.05, 4.69) is 23.3 Å². The van der Waals surface area contributed by atoms with Gasteiger partial charge >= 0.3 is 0 Å². The summed E-state index contributed by atoms with van der Waals surface area (Å²) in [6.45, 7) is 2.11. The standard InChI is InChI=1S/C17H16N2O2/c1-2-12-5-6-16-15(8-12)13(11-21-16)9-17(20)19-14-4-3-7-18-10-14/h3-8,10-11H,2,9H2,1H3,(H,19,20). The van der Waals surface area contributed by atoms with Crippen LogP contribution < -0.4 is 5.32 Å². The summed E-state index contributed by atoms with van der Waals surface area (Å²) < 4.78 is 5.51. The molecule has 0 spiro atoms. The molecule has 0 unspecified atom stereocenters. The van der Waals surface area contributed by atoms with Crippen LogP contribution in [0, 0.1) is 0 Å². The number of rotatable bonds is 4. The summed E-state index contributed by atoms with van der Waals surface area (Å²) >= 11 is 0. The fraction of sp³-hybridized carbons (Fsp3) is 0.176. The lowest BCUT2D eigenvalue weighted by atomic mass is 10.1. The van der Waals surface area contributed by atoms with Crippen molar-refractivity contribution in [2.24, 2.45) is 0 Å². The van der Waals surface area contributed by atoms with Crippen molar-refractivity contribution in [3.63, 3.8) is 0 Å². The molecule has 0 saturated carbocycles. The number of hydrogen-bond donors (Lipinski definition) is 1. The molecule has 106 valence electrons. The molecule has 4 nitrogen and oxygen atoms in total. The van der Waals surface area contributed by atoms with Gasteiger partial charge in [0.15, 0.2) is 0 Å². The molecule has 0 fully saturated rings. The third kappa shape index (κ3) is 2.94. The Morgan fingerprint density at radius 1 is 1.33 bits per heavy atom. The summed E-state index contributed by atoms with van der Waals surface area (Å²) in [5, 5.41) is 3.84. The average Bonchev–Trinajstić information content (AvgIpc) is 2.90. The van der Waals surface area contributed by atoms with Gasteiger partial charge in [-0.05, 0) is 36.2 Å². The number of nitrogens with one attached hydrogen (secondary N) is 1. The molecule has 3 aromatic rings. The number of amides is 1. The third-order valence-electron chi connectivity index (χ3n) is 3.42. The topological polar surface area (TPSA) is 55.1 Å². The van der Waals surface area contributed by atoms with E-state index in [1.165, 1.54) is 5.56 Å². The lowest BCUT2D eigenvalue weighted by Crippen LogP contribution is -2.14. The van der Waals surface area contributed by atoms with Crippen LogP contribution in [0.25, 0.3) is 11.0 Å². The quantitative estimate of drug-likeness (QED) is 0.794. The molecule has 1 N–H and O–H groups in total. The van der Waals surface area contributed by atoms with Crippen molar-refractivity contribution in [1.82, 2.24) is 4.98 Å². The fourth-order valence-electron chi connectivity index (χ4n) is 2.30. The molecule has 1 aromatic carbocycles. The van der Waals surface area contributed by atoms with Gasteiger partial charge in [0.1, 0.15) is 5.58 Å². The Bertz CT molecular complexity index is 763. The van der Waals surface area contributed by atoms with E-state index in [0.717, 1.165) is 23.0 Å². The highest BCUT2D eigenvalue weighted by Crippen LogP contribution is 2.23. The summed E-state index contributed by atoms with van der Waals surface area (Å²) in [5.74, 6) is -0.0763. The van der Waals surface area contributed by atoms with Gasteiger partial charge in [0.25, 0.3) is 0 Å². The van der Waals surface area contributed by atoms with Crippen molar-refractivity contribution in [3.8, 4) is 0 Å². The monoisotopic (exact) mass is 280 g/mol. The Morgan fingerprint density at radius 2 is 2.24 bits per heavy atom. The van der Waals surface area contributed by atoms with E-state index < -0.39 is 0 Å². The fourth-order valence-corrected chi connectivity index (χ4v) is 2.30. The zero-order valence-corrected chi connectivity index (χ0v) is 11.8. The van der Waals surface area contributed by atoms with Gasteiger partial charge in [-0.15, -0.1) is 0 Å². The molecular weight excluding hydrogens is 264 g/mol. The number of hydrogen-bond acceptors (Lipinski definition) is 3. The molecule has 4 heteroatoms. The van der Waals surface area contributed by atoms with E-state index >= 15 is 0 Å². The first-order valence-electron chi connectivity index (χ1n) is 6.95. The van der Waals surface area contributed by atoms with E-state index in [-0.39, 0.29) is 12.3 Å². The van der Waals surface area contributed by atoms with Crippen LogP contribution in [0.1, 0.15) is 18.1 Å². The second-order valence-electron chi connectivity index (χ2n) is 4.91. The summed E-state index contributed by atoms with van der Waals surface area (Å²) in [7, 11) is 0. The minimum atomic E-state index is -0.0763. The molecule has 0 aliphatic carbocycles. The van der Waals surface area contributed by atoms with E-state index in [9.17, 15) is 4.79 Å². The number of fused-ring (bicyclic) bond motifs is 1. The normalized spacial score (nSPS) is 10.7. The van der Waals surface area contributed by atoms with Crippen LogP contribution in [0.2, 0.25) is 0 Å². The van der Waals surface area contributed by atoms with Crippen LogP contribution in [0.4, 0.5) is 5.69 Å². The maximum Gasteiger partial charge on any atom is 0.228 e. The van der Waals surface area contributed by atoms with Crippen molar-refractivity contribution in [2.45, 2.75) is 19.8 Å². The minimum absolute atomic E-state index is 0.0763. The average molecular weight is 280 g/mol. The Hall–Kier alpha value is -2.62. The smallest absolute Gasteiger partial charge is 0.228 e. The first-order chi connectivity index (χ1) is 10.3. The minimum Gasteiger partial charge on any atom is -0.464 e. The molecule has 0 radical (unpaired) electrons. The van der Waals surface area contributed by atoms with E-state index in [1.807, 2.05) is 18.2 Å². The van der Waals surface area contributed by atoms with Gasteiger partial charge < -0.3 is 9.73 Å². The summed E-state index contributed by atoms with van der Waals surface area (Å²) in [6.07, 6.45) is 6.20. The maximum absolute atomic E-state index is 12.1. The number of nitrogens with zero attached hydrogens (tertiary/aromatic N) is 1. The van der Waals surface area contributed by atoms with Crippen molar-refractivity contribution < 1.29 is 9.21 Å². The van der Waals surface area contributed by atoms with Crippen molar-refractivity contribution >= 4 is 22.6 Å². The van der Waals surface area contributed by atoms with Gasteiger partial charge in [-0.25, -0.2) is 0 Å². The van der Waals surface area contributed by atoms with Crippen LogP contribution in [0.5, 0.6) is 0 Å². The van der Waals surface area contributed by atoms with E-state index in [1.54, 1.807) is 24.7 Å². The number of pyridine rings is 1. The number of carbonyl (C=O) groups is 1. The van der Waals surface area contributed by atoms with Crippen LogP contribution in [0.15, 0.2) is 53.4 Å². The largest absolute Gasteiger partial charge is 0.464 e. The predicted octanol–water partition coefficient (Wildman–Crippen LogP) is 3.57. The van der Waals surface area contributed by atoms with Crippen LogP contribution in [-0.2, 0) is 17.6 Å². The molecule has 2 aromatic heterocycles. The van der Waals surface area contributed by atoms with Crippen LogP contribution in [-0.4, -0.2) is 10.9 Å². The van der Waals surface area contributed by atoms with Gasteiger partial charge in [0.2, 0.25) is 5.91 Å². The summed E-state index contributed by atoms with van der Waals surface area (Å²) in [6, 6.07) is 9.69. The molecule has 21 heavy (non-hydrogen) atoms. The zero-order valence-electron chi connectivity index (χ0n) is 11.8. The summed E-state index contributed by atoms with van der Waals surface area (Å²) in [5.41, 5.74) is 3.65. The molecule has 1 amide bonds. The van der Waals surface area contributed by atoms with Gasteiger partial charge in [0.05, 0.1) is 24.6 Å². The molecule has 3 rings (SSSR count). The Kier molecular flexibility index (Phi) is 3.69. The number of carbonyl (C=O) groups excluding carboxylic acids is 1.